The first-order valence-corrected chi connectivity index (χ1v) is 15.9. The monoisotopic (exact) mass is 588 g/mol. The Hall–Kier alpha value is -4.51. The average molecular weight is 589 g/mol. The number of ether oxygens (including phenoxy) is 1. The van der Waals surface area contributed by atoms with Crippen LogP contribution in [0.4, 0.5) is 11.4 Å². The lowest BCUT2D eigenvalue weighted by Gasteiger charge is -2.39. The third-order valence-corrected chi connectivity index (χ3v) is 8.61. The number of para-hydroxylation sites is 1. The first-order chi connectivity index (χ1) is 21.5. The molecule has 0 amide bonds. The van der Waals surface area contributed by atoms with Crippen LogP contribution in [-0.2, 0) is 29.0 Å². The lowest BCUT2D eigenvalue weighted by atomic mass is 9.79. The lowest BCUT2D eigenvalue weighted by Crippen LogP contribution is -2.41. The molecule has 4 aromatic rings. The van der Waals surface area contributed by atoms with Gasteiger partial charge in [0.2, 0.25) is 0 Å². The van der Waals surface area contributed by atoms with E-state index in [1.54, 1.807) is 0 Å². The van der Waals surface area contributed by atoms with Crippen LogP contribution in [0.3, 0.4) is 0 Å². The number of benzene rings is 4. The number of carbonyl (C=O) groups is 1. The molecule has 0 aliphatic carbocycles. The van der Waals surface area contributed by atoms with Gasteiger partial charge in [0.05, 0.1) is 16.9 Å². The number of hydrogen-bond acceptors (Lipinski definition) is 5. The maximum atomic E-state index is 13.9. The number of cyclic esters (lactones) is 1. The van der Waals surface area contributed by atoms with Crippen molar-refractivity contribution in [1.29, 1.82) is 0 Å². The highest BCUT2D eigenvalue weighted by Gasteiger charge is 2.43. The summed E-state index contributed by atoms with van der Waals surface area (Å²) in [7, 11) is 0. The Balaban J connectivity index is 1.46. The van der Waals surface area contributed by atoms with Crippen molar-refractivity contribution in [3.05, 3.63) is 143 Å². The van der Waals surface area contributed by atoms with Gasteiger partial charge in [-0.15, -0.1) is 0 Å². The molecule has 1 heterocycles. The van der Waals surface area contributed by atoms with E-state index < -0.39 is 11.6 Å². The SMILES string of the molecule is CCCC1(CCc2ccccc2)CC(O)=C(C(CC)c2cccc(NCc3ccccc3)c2NCc2ccccc2)C(=O)O1. The molecule has 5 nitrogen and oxygen atoms in total. The van der Waals surface area contributed by atoms with Gasteiger partial charge >= 0.3 is 5.97 Å². The van der Waals surface area contributed by atoms with Crippen LogP contribution < -0.4 is 10.6 Å². The molecule has 5 rings (SSSR count). The molecular weight excluding hydrogens is 544 g/mol. The fourth-order valence-electron chi connectivity index (χ4n) is 6.39. The van der Waals surface area contributed by atoms with Gasteiger partial charge in [-0.3, -0.25) is 0 Å². The molecule has 0 saturated heterocycles. The van der Waals surface area contributed by atoms with Gasteiger partial charge in [-0.1, -0.05) is 123 Å². The summed E-state index contributed by atoms with van der Waals surface area (Å²) in [5.74, 6) is -0.571. The van der Waals surface area contributed by atoms with E-state index in [1.807, 2.05) is 60.7 Å². The summed E-state index contributed by atoms with van der Waals surface area (Å²) in [6.07, 6.45) is 4.02. The van der Waals surface area contributed by atoms with Gasteiger partial charge in [0.1, 0.15) is 11.4 Å². The number of aliphatic hydroxyl groups is 1. The molecule has 44 heavy (non-hydrogen) atoms. The van der Waals surface area contributed by atoms with Crippen molar-refractivity contribution in [2.45, 2.75) is 77.0 Å². The predicted octanol–water partition coefficient (Wildman–Crippen LogP) is 9.34. The number of carbonyl (C=O) groups excluding carboxylic acids is 1. The maximum Gasteiger partial charge on any atom is 0.338 e. The standard InChI is InChI=1S/C39H44N2O3/c1-3-24-39(25-23-29-15-8-5-9-16-29)26-35(42)36(38(43)44-39)32(4-2)33-21-14-22-34(40-27-30-17-10-6-11-18-30)37(33)41-28-31-19-12-7-13-20-31/h5-22,32,40-42H,3-4,23-28H2,1-2H3. The van der Waals surface area contributed by atoms with Crippen LogP contribution in [0, 0.1) is 0 Å². The van der Waals surface area contributed by atoms with E-state index >= 15 is 0 Å². The zero-order valence-corrected chi connectivity index (χ0v) is 25.9. The van der Waals surface area contributed by atoms with Gasteiger partial charge in [-0.25, -0.2) is 4.79 Å². The second-order valence-electron chi connectivity index (χ2n) is 11.8. The summed E-state index contributed by atoms with van der Waals surface area (Å²) in [6.45, 7) is 5.45. The van der Waals surface area contributed by atoms with Gasteiger partial charge in [0, 0.05) is 25.4 Å². The topological polar surface area (TPSA) is 70.6 Å². The molecule has 5 heteroatoms. The molecule has 0 spiro atoms. The predicted molar refractivity (Wildman–Crippen MR) is 180 cm³/mol. The van der Waals surface area contributed by atoms with Gasteiger partial charge in [0.25, 0.3) is 0 Å². The van der Waals surface area contributed by atoms with Crippen LogP contribution in [-0.4, -0.2) is 16.7 Å². The minimum atomic E-state index is -0.707. The van der Waals surface area contributed by atoms with Crippen LogP contribution in [0.25, 0.3) is 0 Å². The molecule has 1 aliphatic heterocycles. The van der Waals surface area contributed by atoms with Crippen molar-refractivity contribution in [2.75, 3.05) is 10.6 Å². The molecule has 2 unspecified atom stereocenters. The molecule has 0 saturated carbocycles. The number of rotatable bonds is 14. The highest BCUT2D eigenvalue weighted by molar-refractivity contribution is 5.93. The third-order valence-electron chi connectivity index (χ3n) is 8.61. The molecule has 0 radical (unpaired) electrons. The molecule has 228 valence electrons. The van der Waals surface area contributed by atoms with E-state index in [-0.39, 0.29) is 11.7 Å². The molecule has 2 atom stereocenters. The Labute approximate surface area is 262 Å². The van der Waals surface area contributed by atoms with Crippen LogP contribution in [0.5, 0.6) is 0 Å². The van der Waals surface area contributed by atoms with Crippen molar-refractivity contribution in [3.63, 3.8) is 0 Å². The summed E-state index contributed by atoms with van der Waals surface area (Å²) in [6, 6.07) is 37.0. The second-order valence-corrected chi connectivity index (χ2v) is 11.8. The van der Waals surface area contributed by atoms with Crippen LogP contribution in [0.2, 0.25) is 0 Å². The molecular formula is C39H44N2O3. The Morgan fingerprint density at radius 1 is 0.750 bits per heavy atom. The quantitative estimate of drug-likeness (QED) is 0.128. The normalized spacial score (nSPS) is 17.2. The van der Waals surface area contributed by atoms with E-state index in [1.165, 1.54) is 11.1 Å². The maximum absolute atomic E-state index is 13.9. The molecule has 0 fully saturated rings. The van der Waals surface area contributed by atoms with Crippen LogP contribution in [0.15, 0.2) is 121 Å². The summed E-state index contributed by atoms with van der Waals surface area (Å²) in [4.78, 5) is 13.9. The minimum absolute atomic E-state index is 0.159. The van der Waals surface area contributed by atoms with Crippen LogP contribution in [0.1, 0.15) is 74.1 Å². The fourth-order valence-corrected chi connectivity index (χ4v) is 6.39. The van der Waals surface area contributed by atoms with Crippen LogP contribution >= 0.6 is 0 Å². The molecule has 3 N–H and O–H groups in total. The van der Waals surface area contributed by atoms with Gasteiger partial charge in [-0.2, -0.15) is 0 Å². The first kappa shape index (κ1) is 30.9. The third kappa shape index (κ3) is 7.52. The zero-order valence-electron chi connectivity index (χ0n) is 25.9. The molecule has 4 aromatic carbocycles. The van der Waals surface area contributed by atoms with Gasteiger partial charge < -0.3 is 20.5 Å². The Bertz CT molecular complexity index is 1540. The van der Waals surface area contributed by atoms with Crippen molar-refractivity contribution in [1.82, 2.24) is 0 Å². The van der Waals surface area contributed by atoms with Gasteiger partial charge in [0.15, 0.2) is 0 Å². The molecule has 0 aromatic heterocycles. The Morgan fingerprint density at radius 2 is 1.34 bits per heavy atom. The molecule has 1 aliphatic rings. The number of aliphatic hydroxyl groups excluding tert-OH is 1. The van der Waals surface area contributed by atoms with Crippen molar-refractivity contribution in [2.24, 2.45) is 0 Å². The zero-order chi connectivity index (χ0) is 30.8. The summed E-state index contributed by atoms with van der Waals surface area (Å²) in [5.41, 5.74) is 6.06. The van der Waals surface area contributed by atoms with Crippen molar-refractivity contribution >= 4 is 17.3 Å². The minimum Gasteiger partial charge on any atom is -0.512 e. The number of anilines is 2. The van der Waals surface area contributed by atoms with E-state index in [0.717, 1.165) is 35.3 Å². The molecule has 0 bridgehead atoms. The van der Waals surface area contributed by atoms with E-state index in [2.05, 4.69) is 73.0 Å². The number of nitrogens with one attached hydrogen (secondary N) is 2. The lowest BCUT2D eigenvalue weighted by molar-refractivity contribution is -0.161. The largest absolute Gasteiger partial charge is 0.512 e. The second kappa shape index (κ2) is 14.8. The highest BCUT2D eigenvalue weighted by Crippen LogP contribution is 2.44. The average Bonchev–Trinajstić information content (AvgIpc) is 3.05. The van der Waals surface area contributed by atoms with Crippen molar-refractivity contribution in [3.8, 4) is 0 Å². The summed E-state index contributed by atoms with van der Waals surface area (Å²) < 4.78 is 6.34. The van der Waals surface area contributed by atoms with Crippen molar-refractivity contribution < 1.29 is 14.6 Å². The summed E-state index contributed by atoms with van der Waals surface area (Å²) >= 11 is 0. The fraction of sp³-hybridized carbons (Fsp3) is 0.308. The highest BCUT2D eigenvalue weighted by atomic mass is 16.6. The Morgan fingerprint density at radius 3 is 1.91 bits per heavy atom. The summed E-state index contributed by atoms with van der Waals surface area (Å²) in [5, 5.41) is 18.9. The van der Waals surface area contributed by atoms with E-state index in [0.29, 0.717) is 44.3 Å². The Kier molecular flexibility index (Phi) is 10.4. The number of hydrogen-bond donors (Lipinski definition) is 3. The van der Waals surface area contributed by atoms with E-state index in [4.69, 9.17) is 4.74 Å². The van der Waals surface area contributed by atoms with E-state index in [9.17, 15) is 9.90 Å². The number of aryl methyl sites for hydroxylation is 1. The smallest absolute Gasteiger partial charge is 0.338 e. The van der Waals surface area contributed by atoms with Gasteiger partial charge in [-0.05, 0) is 54.0 Å². The number of esters is 1. The first-order valence-electron chi connectivity index (χ1n) is 15.9.